The van der Waals surface area contributed by atoms with Crippen LogP contribution in [0.5, 0.6) is 0 Å². The summed E-state index contributed by atoms with van der Waals surface area (Å²) in [7, 11) is 1.77. The van der Waals surface area contributed by atoms with Crippen LogP contribution in [0.2, 0.25) is 0 Å². The SMILES string of the molecule is Cc1ccc(CN(C)C(=O)CN2CCOC(CO)C2)o1. The molecular weight excluding hydrogens is 260 g/mol. The van der Waals surface area contributed by atoms with Gasteiger partial charge < -0.3 is 19.2 Å². The first-order chi connectivity index (χ1) is 9.58. The van der Waals surface area contributed by atoms with E-state index < -0.39 is 0 Å². The molecule has 1 saturated heterocycles. The summed E-state index contributed by atoms with van der Waals surface area (Å²) in [6.07, 6.45) is -0.186. The number of carbonyl (C=O) groups excluding carboxylic acids is 1. The minimum atomic E-state index is -0.186. The molecule has 2 rings (SSSR count). The zero-order valence-corrected chi connectivity index (χ0v) is 12.0. The molecule has 0 aliphatic carbocycles. The lowest BCUT2D eigenvalue weighted by molar-refractivity contribution is -0.134. The van der Waals surface area contributed by atoms with Gasteiger partial charge in [0.1, 0.15) is 11.5 Å². The van der Waals surface area contributed by atoms with E-state index >= 15 is 0 Å². The molecule has 112 valence electrons. The molecule has 1 aromatic heterocycles. The number of hydrogen-bond donors (Lipinski definition) is 1. The van der Waals surface area contributed by atoms with Gasteiger partial charge in [-0.1, -0.05) is 0 Å². The maximum atomic E-state index is 12.2. The first-order valence-corrected chi connectivity index (χ1v) is 6.82. The Labute approximate surface area is 118 Å². The van der Waals surface area contributed by atoms with E-state index in [2.05, 4.69) is 0 Å². The van der Waals surface area contributed by atoms with Crippen LogP contribution in [0.25, 0.3) is 0 Å². The second-order valence-corrected chi connectivity index (χ2v) is 5.17. The molecule has 2 heterocycles. The van der Waals surface area contributed by atoms with Crippen LogP contribution in [0.1, 0.15) is 11.5 Å². The number of hydrogen-bond acceptors (Lipinski definition) is 5. The van der Waals surface area contributed by atoms with E-state index in [0.29, 0.717) is 26.2 Å². The van der Waals surface area contributed by atoms with Gasteiger partial charge in [-0.25, -0.2) is 0 Å². The zero-order chi connectivity index (χ0) is 14.5. The van der Waals surface area contributed by atoms with Crippen LogP contribution in [-0.2, 0) is 16.1 Å². The Morgan fingerprint density at radius 1 is 1.55 bits per heavy atom. The Morgan fingerprint density at radius 3 is 3.00 bits per heavy atom. The lowest BCUT2D eigenvalue weighted by atomic mass is 10.3. The van der Waals surface area contributed by atoms with Crippen molar-refractivity contribution in [3.8, 4) is 0 Å². The molecule has 0 radical (unpaired) electrons. The number of rotatable bonds is 5. The van der Waals surface area contributed by atoms with Crippen LogP contribution in [0.15, 0.2) is 16.5 Å². The predicted octanol–water partition coefficient (Wildman–Crippen LogP) is 0.240. The van der Waals surface area contributed by atoms with Gasteiger partial charge in [-0.05, 0) is 19.1 Å². The van der Waals surface area contributed by atoms with Gasteiger partial charge in [0, 0.05) is 20.1 Å². The Hall–Kier alpha value is -1.37. The lowest BCUT2D eigenvalue weighted by Crippen LogP contribution is -2.48. The van der Waals surface area contributed by atoms with Crippen molar-refractivity contribution in [2.45, 2.75) is 19.6 Å². The van der Waals surface area contributed by atoms with Crippen LogP contribution < -0.4 is 0 Å². The van der Waals surface area contributed by atoms with E-state index in [1.807, 2.05) is 24.0 Å². The van der Waals surface area contributed by atoms with Crippen LogP contribution in [0.3, 0.4) is 0 Å². The molecule has 1 aromatic rings. The smallest absolute Gasteiger partial charge is 0.236 e. The van der Waals surface area contributed by atoms with Gasteiger partial charge in [0.25, 0.3) is 0 Å². The molecule has 6 nitrogen and oxygen atoms in total. The molecule has 1 amide bonds. The average Bonchev–Trinajstić information content (AvgIpc) is 2.84. The summed E-state index contributed by atoms with van der Waals surface area (Å²) in [5.74, 6) is 1.67. The molecule has 0 bridgehead atoms. The quantitative estimate of drug-likeness (QED) is 0.838. The first kappa shape index (κ1) is 15.0. The number of aliphatic hydroxyl groups is 1. The summed E-state index contributed by atoms with van der Waals surface area (Å²) >= 11 is 0. The number of likely N-dealkylation sites (N-methyl/N-ethyl adjacent to an activating group) is 1. The fourth-order valence-electron chi connectivity index (χ4n) is 2.24. The van der Waals surface area contributed by atoms with Crippen molar-refractivity contribution in [1.82, 2.24) is 9.80 Å². The standard InChI is InChI=1S/C14H22N2O4/c1-11-3-4-12(20-11)7-15(2)14(18)9-16-5-6-19-13(8-16)10-17/h3-4,13,17H,5-10H2,1-2H3. The Bertz CT molecular complexity index is 446. The van der Waals surface area contributed by atoms with E-state index in [0.717, 1.165) is 18.1 Å². The topological polar surface area (TPSA) is 66.2 Å². The number of amides is 1. The molecule has 1 fully saturated rings. The van der Waals surface area contributed by atoms with Crippen molar-refractivity contribution in [2.75, 3.05) is 39.9 Å². The molecule has 1 atom stereocenters. The lowest BCUT2D eigenvalue weighted by Gasteiger charge is -2.32. The maximum Gasteiger partial charge on any atom is 0.236 e. The highest BCUT2D eigenvalue weighted by Crippen LogP contribution is 2.10. The molecule has 1 unspecified atom stereocenters. The molecule has 1 aliphatic rings. The molecule has 0 aromatic carbocycles. The van der Waals surface area contributed by atoms with Crippen molar-refractivity contribution in [3.05, 3.63) is 23.7 Å². The minimum Gasteiger partial charge on any atom is -0.464 e. The average molecular weight is 282 g/mol. The fourth-order valence-corrected chi connectivity index (χ4v) is 2.24. The first-order valence-electron chi connectivity index (χ1n) is 6.82. The predicted molar refractivity (Wildman–Crippen MR) is 73.2 cm³/mol. The summed E-state index contributed by atoms with van der Waals surface area (Å²) in [6, 6.07) is 3.77. The van der Waals surface area contributed by atoms with Gasteiger partial charge in [-0.15, -0.1) is 0 Å². The normalized spacial score (nSPS) is 20.1. The summed E-state index contributed by atoms with van der Waals surface area (Å²) in [4.78, 5) is 15.8. The third-order valence-corrected chi connectivity index (χ3v) is 3.40. The Balaban J connectivity index is 1.81. The van der Waals surface area contributed by atoms with E-state index in [4.69, 9.17) is 14.3 Å². The van der Waals surface area contributed by atoms with Crippen molar-refractivity contribution < 1.29 is 19.1 Å². The van der Waals surface area contributed by atoms with Gasteiger partial charge in [0.15, 0.2) is 0 Å². The highest BCUT2D eigenvalue weighted by Gasteiger charge is 2.22. The van der Waals surface area contributed by atoms with Crippen molar-refractivity contribution in [3.63, 3.8) is 0 Å². The van der Waals surface area contributed by atoms with E-state index in [-0.39, 0.29) is 18.6 Å². The van der Waals surface area contributed by atoms with E-state index in [1.165, 1.54) is 0 Å². The van der Waals surface area contributed by atoms with Crippen LogP contribution >= 0.6 is 0 Å². The van der Waals surface area contributed by atoms with Crippen LogP contribution in [0.4, 0.5) is 0 Å². The number of furan rings is 1. The number of ether oxygens (including phenoxy) is 1. The summed E-state index contributed by atoms with van der Waals surface area (Å²) in [5.41, 5.74) is 0. The fraction of sp³-hybridized carbons (Fsp3) is 0.643. The highest BCUT2D eigenvalue weighted by atomic mass is 16.5. The summed E-state index contributed by atoms with van der Waals surface area (Å²) in [6.45, 7) is 4.56. The van der Waals surface area contributed by atoms with Crippen molar-refractivity contribution in [1.29, 1.82) is 0 Å². The van der Waals surface area contributed by atoms with Gasteiger partial charge in [-0.3, -0.25) is 9.69 Å². The molecular formula is C14H22N2O4. The Kier molecular flexibility index (Phi) is 5.17. The molecule has 1 N–H and O–H groups in total. The summed E-state index contributed by atoms with van der Waals surface area (Å²) < 4.78 is 10.8. The zero-order valence-electron chi connectivity index (χ0n) is 12.0. The number of carbonyl (C=O) groups is 1. The van der Waals surface area contributed by atoms with E-state index in [9.17, 15) is 4.79 Å². The molecule has 20 heavy (non-hydrogen) atoms. The Morgan fingerprint density at radius 2 is 2.35 bits per heavy atom. The number of nitrogens with zero attached hydrogens (tertiary/aromatic N) is 2. The minimum absolute atomic E-state index is 0.00774. The monoisotopic (exact) mass is 282 g/mol. The molecule has 0 saturated carbocycles. The van der Waals surface area contributed by atoms with Gasteiger partial charge in [0.05, 0.1) is 32.4 Å². The van der Waals surface area contributed by atoms with Gasteiger partial charge in [0.2, 0.25) is 5.91 Å². The number of aryl methyl sites for hydroxylation is 1. The van der Waals surface area contributed by atoms with Crippen molar-refractivity contribution in [2.24, 2.45) is 0 Å². The highest BCUT2D eigenvalue weighted by molar-refractivity contribution is 5.77. The third-order valence-electron chi connectivity index (χ3n) is 3.40. The number of aliphatic hydroxyl groups excluding tert-OH is 1. The molecule has 0 spiro atoms. The van der Waals surface area contributed by atoms with Crippen LogP contribution in [0, 0.1) is 6.92 Å². The van der Waals surface area contributed by atoms with Gasteiger partial charge >= 0.3 is 0 Å². The van der Waals surface area contributed by atoms with E-state index in [1.54, 1.807) is 11.9 Å². The molecule has 1 aliphatic heterocycles. The largest absolute Gasteiger partial charge is 0.464 e. The second-order valence-electron chi connectivity index (χ2n) is 5.17. The van der Waals surface area contributed by atoms with Gasteiger partial charge in [-0.2, -0.15) is 0 Å². The van der Waals surface area contributed by atoms with Crippen LogP contribution in [-0.4, -0.2) is 66.8 Å². The number of morpholine rings is 1. The third kappa shape index (κ3) is 4.06. The molecule has 6 heteroatoms. The maximum absolute atomic E-state index is 12.2. The van der Waals surface area contributed by atoms with Crippen molar-refractivity contribution >= 4 is 5.91 Å². The second kappa shape index (κ2) is 6.88. The summed E-state index contributed by atoms with van der Waals surface area (Å²) in [5, 5.41) is 9.09.